The molecule has 2 aromatic carbocycles. The second-order valence-corrected chi connectivity index (χ2v) is 6.99. The molecule has 0 radical (unpaired) electrons. The molecule has 28 heavy (non-hydrogen) atoms. The molecule has 2 amide bonds. The van der Waals surface area contributed by atoms with Gasteiger partial charge in [-0.2, -0.15) is 0 Å². The first-order valence-corrected chi connectivity index (χ1v) is 9.18. The minimum atomic E-state index is -1.05. The summed E-state index contributed by atoms with van der Waals surface area (Å²) in [4.78, 5) is 38.4. The van der Waals surface area contributed by atoms with Gasteiger partial charge in [-0.1, -0.05) is 48.5 Å². The van der Waals surface area contributed by atoms with Gasteiger partial charge in [0.15, 0.2) is 0 Å². The van der Waals surface area contributed by atoms with E-state index in [1.165, 1.54) is 4.90 Å². The quantitative estimate of drug-likeness (QED) is 0.848. The van der Waals surface area contributed by atoms with Crippen LogP contribution in [0.3, 0.4) is 0 Å². The molecule has 0 bridgehead atoms. The number of anilines is 1. The Morgan fingerprint density at radius 1 is 1.11 bits per heavy atom. The van der Waals surface area contributed by atoms with Crippen molar-refractivity contribution in [1.82, 2.24) is 5.32 Å². The maximum absolute atomic E-state index is 13.1. The first-order valence-electron chi connectivity index (χ1n) is 9.18. The van der Waals surface area contributed by atoms with E-state index in [9.17, 15) is 19.5 Å². The predicted octanol–water partition coefficient (Wildman–Crippen LogP) is 2.27. The molecule has 2 aliphatic rings. The lowest BCUT2D eigenvalue weighted by Crippen LogP contribution is -2.52. The lowest BCUT2D eigenvalue weighted by atomic mass is 10.0. The zero-order chi connectivity index (χ0) is 19.7. The second-order valence-electron chi connectivity index (χ2n) is 6.99. The second kappa shape index (κ2) is 7.34. The maximum atomic E-state index is 13.1. The molecular weight excluding hydrogens is 360 g/mol. The van der Waals surface area contributed by atoms with E-state index < -0.39 is 30.1 Å². The number of carbonyl (C=O) groups excluding carboxylic acids is 2. The van der Waals surface area contributed by atoms with Crippen molar-refractivity contribution in [2.75, 3.05) is 4.90 Å². The van der Waals surface area contributed by atoms with E-state index in [4.69, 9.17) is 4.74 Å². The highest BCUT2D eigenvalue weighted by molar-refractivity contribution is 6.06. The zero-order valence-electron chi connectivity index (χ0n) is 15.1. The SMILES string of the molecule is O=C(N[C@H]1CCc2cccc3c2N(C1=O)[C@H](C(=O)O)C3)OCc1ccccc1. The highest BCUT2D eigenvalue weighted by atomic mass is 16.5. The molecule has 144 valence electrons. The van der Waals surface area contributed by atoms with Crippen molar-refractivity contribution in [3.05, 3.63) is 65.2 Å². The van der Waals surface area contributed by atoms with Crippen LogP contribution in [0.25, 0.3) is 0 Å². The van der Waals surface area contributed by atoms with Gasteiger partial charge in [0.1, 0.15) is 18.7 Å². The van der Waals surface area contributed by atoms with E-state index >= 15 is 0 Å². The van der Waals surface area contributed by atoms with Crippen LogP contribution in [0.5, 0.6) is 0 Å². The van der Waals surface area contributed by atoms with E-state index in [-0.39, 0.29) is 13.0 Å². The van der Waals surface area contributed by atoms with Crippen LogP contribution >= 0.6 is 0 Å². The molecule has 7 nitrogen and oxygen atoms in total. The van der Waals surface area contributed by atoms with E-state index in [1.807, 2.05) is 48.5 Å². The van der Waals surface area contributed by atoms with Crippen molar-refractivity contribution >= 4 is 23.7 Å². The fraction of sp³-hybridized carbons (Fsp3) is 0.286. The Hall–Kier alpha value is -3.35. The van der Waals surface area contributed by atoms with Crippen molar-refractivity contribution in [1.29, 1.82) is 0 Å². The van der Waals surface area contributed by atoms with Gasteiger partial charge in [0.05, 0.1) is 5.69 Å². The number of rotatable bonds is 4. The number of aryl methyl sites for hydroxylation is 1. The molecule has 0 saturated carbocycles. The number of ether oxygens (including phenoxy) is 1. The van der Waals surface area contributed by atoms with Crippen LogP contribution in [0.15, 0.2) is 48.5 Å². The number of para-hydroxylation sites is 1. The van der Waals surface area contributed by atoms with E-state index in [0.29, 0.717) is 18.5 Å². The van der Waals surface area contributed by atoms with Crippen LogP contribution in [0, 0.1) is 0 Å². The maximum Gasteiger partial charge on any atom is 0.408 e. The molecule has 2 atom stereocenters. The summed E-state index contributed by atoms with van der Waals surface area (Å²) in [6.07, 6.45) is 0.537. The van der Waals surface area contributed by atoms with Crippen LogP contribution in [-0.4, -0.2) is 35.2 Å². The third-order valence-electron chi connectivity index (χ3n) is 5.20. The van der Waals surface area contributed by atoms with Crippen molar-refractivity contribution < 1.29 is 24.2 Å². The number of amides is 2. The predicted molar refractivity (Wildman–Crippen MR) is 101 cm³/mol. The van der Waals surface area contributed by atoms with E-state index in [1.54, 1.807) is 0 Å². The van der Waals surface area contributed by atoms with Gasteiger partial charge in [-0.15, -0.1) is 0 Å². The number of aliphatic carboxylic acids is 1. The van der Waals surface area contributed by atoms with Crippen LogP contribution in [-0.2, 0) is 33.8 Å². The summed E-state index contributed by atoms with van der Waals surface area (Å²) in [5, 5.41) is 12.2. The van der Waals surface area contributed by atoms with Crippen LogP contribution < -0.4 is 10.2 Å². The van der Waals surface area contributed by atoms with E-state index in [0.717, 1.165) is 16.7 Å². The van der Waals surface area contributed by atoms with Gasteiger partial charge in [0.2, 0.25) is 0 Å². The largest absolute Gasteiger partial charge is 0.480 e. The molecular formula is C21H20N2O5. The van der Waals surface area contributed by atoms with Gasteiger partial charge in [-0.3, -0.25) is 9.69 Å². The number of benzene rings is 2. The Labute approximate surface area is 161 Å². The number of hydrogen-bond acceptors (Lipinski definition) is 4. The Bertz CT molecular complexity index is 928. The number of carboxylic acids is 1. The monoisotopic (exact) mass is 380 g/mol. The molecule has 0 saturated heterocycles. The number of carbonyl (C=O) groups is 3. The van der Waals surface area contributed by atoms with Crippen molar-refractivity contribution in [2.24, 2.45) is 0 Å². The van der Waals surface area contributed by atoms with Gasteiger partial charge in [-0.05, 0) is 29.5 Å². The average Bonchev–Trinajstić information content (AvgIpc) is 3.04. The van der Waals surface area contributed by atoms with Crippen molar-refractivity contribution in [2.45, 2.75) is 38.0 Å². The lowest BCUT2D eigenvalue weighted by molar-refractivity contribution is -0.140. The fourth-order valence-corrected chi connectivity index (χ4v) is 3.87. The summed E-state index contributed by atoms with van der Waals surface area (Å²) in [5.41, 5.74) is 3.30. The van der Waals surface area contributed by atoms with E-state index in [2.05, 4.69) is 5.32 Å². The molecule has 2 aromatic rings. The van der Waals surface area contributed by atoms with Crippen LogP contribution in [0.1, 0.15) is 23.1 Å². The third kappa shape index (κ3) is 3.31. The highest BCUT2D eigenvalue weighted by Crippen LogP contribution is 2.38. The van der Waals surface area contributed by atoms with Gasteiger partial charge >= 0.3 is 12.1 Å². The number of carboxylic acid groups (broad SMARTS) is 1. The number of hydrogen-bond donors (Lipinski definition) is 2. The summed E-state index contributed by atoms with van der Waals surface area (Å²) in [5.74, 6) is -1.46. The minimum absolute atomic E-state index is 0.0966. The Kier molecular flexibility index (Phi) is 4.73. The van der Waals surface area contributed by atoms with Crippen LogP contribution in [0.2, 0.25) is 0 Å². The Morgan fingerprint density at radius 3 is 2.61 bits per heavy atom. The molecule has 2 N–H and O–H groups in total. The van der Waals surface area contributed by atoms with Crippen molar-refractivity contribution in [3.8, 4) is 0 Å². The average molecular weight is 380 g/mol. The number of nitrogens with zero attached hydrogens (tertiary/aromatic N) is 1. The number of nitrogens with one attached hydrogen (secondary N) is 1. The number of alkyl carbamates (subject to hydrolysis) is 1. The van der Waals surface area contributed by atoms with Gasteiger partial charge in [0.25, 0.3) is 5.91 Å². The third-order valence-corrected chi connectivity index (χ3v) is 5.20. The Morgan fingerprint density at radius 2 is 1.86 bits per heavy atom. The molecule has 0 aliphatic carbocycles. The molecule has 0 aromatic heterocycles. The molecule has 2 aliphatic heterocycles. The van der Waals surface area contributed by atoms with Gasteiger partial charge in [0, 0.05) is 6.42 Å². The first-order chi connectivity index (χ1) is 13.5. The molecule has 2 heterocycles. The summed E-state index contributed by atoms with van der Waals surface area (Å²) in [6, 6.07) is 13.1. The molecule has 0 unspecified atom stereocenters. The summed E-state index contributed by atoms with van der Waals surface area (Å²) >= 11 is 0. The Balaban J connectivity index is 1.50. The summed E-state index contributed by atoms with van der Waals surface area (Å²) < 4.78 is 5.22. The van der Waals surface area contributed by atoms with Gasteiger partial charge < -0.3 is 15.2 Å². The van der Waals surface area contributed by atoms with Crippen molar-refractivity contribution in [3.63, 3.8) is 0 Å². The summed E-state index contributed by atoms with van der Waals surface area (Å²) in [6.45, 7) is 0.0966. The normalized spacial score (nSPS) is 20.3. The minimum Gasteiger partial charge on any atom is -0.480 e. The van der Waals surface area contributed by atoms with Crippen LogP contribution in [0.4, 0.5) is 10.5 Å². The molecule has 0 fully saturated rings. The smallest absolute Gasteiger partial charge is 0.408 e. The highest BCUT2D eigenvalue weighted by Gasteiger charge is 2.44. The molecule has 7 heteroatoms. The molecule has 0 spiro atoms. The first kappa shape index (κ1) is 18.0. The molecule has 4 rings (SSSR count). The zero-order valence-corrected chi connectivity index (χ0v) is 15.1. The lowest BCUT2D eigenvalue weighted by Gasteiger charge is -2.26. The summed E-state index contributed by atoms with van der Waals surface area (Å²) in [7, 11) is 0. The standard InChI is InChI=1S/C21H20N2O5/c24-19-16(22-21(27)28-12-13-5-2-1-3-6-13)10-9-14-7-4-8-15-11-17(20(25)26)23(19)18(14)15/h1-8,16-17H,9-12H2,(H,22,27)(H,25,26)/t16-,17-/m0/s1. The van der Waals surface area contributed by atoms with Gasteiger partial charge in [-0.25, -0.2) is 9.59 Å². The topological polar surface area (TPSA) is 95.9 Å². The fourth-order valence-electron chi connectivity index (χ4n) is 3.87.